The summed E-state index contributed by atoms with van der Waals surface area (Å²) >= 11 is 1.70. The van der Waals surface area contributed by atoms with Gasteiger partial charge in [-0.25, -0.2) is 4.99 Å². The molecule has 3 aromatic rings. The van der Waals surface area contributed by atoms with Gasteiger partial charge in [-0.1, -0.05) is 18.2 Å². The van der Waals surface area contributed by atoms with Gasteiger partial charge < -0.3 is 24.5 Å². The number of guanidine groups is 1. The number of thiophene rings is 1. The lowest BCUT2D eigenvalue weighted by Crippen LogP contribution is -2.42. The SMILES string of the molecule is COc1ccccc1OC(C)CNC(=NCc1cccs1)NCCc1ccco1.I. The maximum absolute atomic E-state index is 6.02. The molecule has 0 amide bonds. The zero-order valence-corrected chi connectivity index (χ0v) is 20.3. The Morgan fingerprint density at radius 3 is 2.63 bits per heavy atom. The minimum absolute atomic E-state index is 0. The first-order valence-electron chi connectivity index (χ1n) is 9.61. The molecule has 3 rings (SSSR count). The Labute approximate surface area is 198 Å². The van der Waals surface area contributed by atoms with Crippen molar-refractivity contribution in [1.29, 1.82) is 0 Å². The van der Waals surface area contributed by atoms with Crippen molar-refractivity contribution in [2.75, 3.05) is 20.2 Å². The van der Waals surface area contributed by atoms with E-state index in [4.69, 9.17) is 18.9 Å². The van der Waals surface area contributed by atoms with Gasteiger partial charge in [0.05, 0.1) is 26.5 Å². The Bertz CT molecular complexity index is 870. The molecule has 162 valence electrons. The third kappa shape index (κ3) is 7.91. The van der Waals surface area contributed by atoms with E-state index in [0.717, 1.165) is 36.2 Å². The third-order valence-corrected chi connectivity index (χ3v) is 5.03. The molecule has 1 aromatic carbocycles. The Balaban J connectivity index is 0.00000320. The summed E-state index contributed by atoms with van der Waals surface area (Å²) in [5, 5.41) is 8.79. The Morgan fingerprint density at radius 2 is 1.93 bits per heavy atom. The van der Waals surface area contributed by atoms with E-state index in [1.54, 1.807) is 24.7 Å². The minimum atomic E-state index is -0.0647. The molecule has 2 aromatic heterocycles. The van der Waals surface area contributed by atoms with E-state index >= 15 is 0 Å². The number of nitrogens with one attached hydrogen (secondary N) is 2. The van der Waals surface area contributed by atoms with Gasteiger partial charge in [-0.3, -0.25) is 0 Å². The highest BCUT2D eigenvalue weighted by Gasteiger charge is 2.10. The van der Waals surface area contributed by atoms with Crippen LogP contribution in [0.2, 0.25) is 0 Å². The fraction of sp³-hybridized carbons (Fsp3) is 0.318. The van der Waals surface area contributed by atoms with E-state index in [0.29, 0.717) is 13.1 Å². The second kappa shape index (κ2) is 13.2. The van der Waals surface area contributed by atoms with Gasteiger partial charge in [-0.2, -0.15) is 0 Å². The number of hydrogen-bond acceptors (Lipinski definition) is 5. The van der Waals surface area contributed by atoms with E-state index < -0.39 is 0 Å². The predicted molar refractivity (Wildman–Crippen MR) is 132 cm³/mol. The van der Waals surface area contributed by atoms with Crippen LogP contribution in [-0.2, 0) is 13.0 Å². The molecule has 2 N–H and O–H groups in total. The number of benzene rings is 1. The first kappa shape index (κ1) is 24.1. The first-order chi connectivity index (χ1) is 14.2. The Kier molecular flexibility index (Phi) is 10.6. The largest absolute Gasteiger partial charge is 0.493 e. The summed E-state index contributed by atoms with van der Waals surface area (Å²) in [6.07, 6.45) is 2.42. The molecule has 0 saturated carbocycles. The zero-order chi connectivity index (χ0) is 20.3. The molecule has 2 heterocycles. The summed E-state index contributed by atoms with van der Waals surface area (Å²) < 4.78 is 16.8. The lowest BCUT2D eigenvalue weighted by Gasteiger charge is -2.19. The van der Waals surface area contributed by atoms with Crippen molar-refractivity contribution in [3.05, 3.63) is 70.8 Å². The van der Waals surface area contributed by atoms with Crippen molar-refractivity contribution in [1.82, 2.24) is 10.6 Å². The number of furan rings is 1. The van der Waals surface area contributed by atoms with Crippen LogP contribution < -0.4 is 20.1 Å². The number of ether oxygens (including phenoxy) is 2. The monoisotopic (exact) mass is 541 g/mol. The fourth-order valence-electron chi connectivity index (χ4n) is 2.71. The van der Waals surface area contributed by atoms with E-state index in [1.165, 1.54) is 4.88 Å². The van der Waals surface area contributed by atoms with Crippen molar-refractivity contribution in [2.24, 2.45) is 4.99 Å². The molecule has 0 aliphatic rings. The van der Waals surface area contributed by atoms with Crippen LogP contribution in [0, 0.1) is 0 Å². The summed E-state index contributed by atoms with van der Waals surface area (Å²) in [4.78, 5) is 5.91. The maximum atomic E-state index is 6.02. The van der Waals surface area contributed by atoms with Crippen LogP contribution in [0.15, 0.2) is 69.6 Å². The highest BCUT2D eigenvalue weighted by molar-refractivity contribution is 14.0. The number of hydrogen-bond donors (Lipinski definition) is 2. The summed E-state index contributed by atoms with van der Waals surface area (Å²) in [5.74, 6) is 3.15. The molecule has 0 aliphatic carbocycles. The quantitative estimate of drug-likeness (QED) is 0.221. The molecule has 1 unspecified atom stereocenters. The highest BCUT2D eigenvalue weighted by Crippen LogP contribution is 2.26. The molecule has 0 spiro atoms. The topological polar surface area (TPSA) is 68.0 Å². The molecule has 6 nitrogen and oxygen atoms in total. The number of nitrogens with zero attached hydrogens (tertiary/aromatic N) is 1. The van der Waals surface area contributed by atoms with Crippen LogP contribution in [0.25, 0.3) is 0 Å². The molecular formula is C22H28IN3O3S. The van der Waals surface area contributed by atoms with Crippen molar-refractivity contribution >= 4 is 41.3 Å². The molecule has 0 saturated heterocycles. The van der Waals surface area contributed by atoms with Crippen LogP contribution in [0.3, 0.4) is 0 Å². The summed E-state index contributed by atoms with van der Waals surface area (Å²) in [7, 11) is 1.64. The van der Waals surface area contributed by atoms with Gasteiger partial charge in [-0.05, 0) is 42.6 Å². The summed E-state index contributed by atoms with van der Waals surface area (Å²) in [6, 6.07) is 15.6. The van der Waals surface area contributed by atoms with Gasteiger partial charge in [0.1, 0.15) is 11.9 Å². The van der Waals surface area contributed by atoms with E-state index in [1.807, 2.05) is 49.4 Å². The van der Waals surface area contributed by atoms with Gasteiger partial charge in [0, 0.05) is 17.8 Å². The number of methoxy groups -OCH3 is 1. The number of halogens is 1. The van der Waals surface area contributed by atoms with Gasteiger partial charge >= 0.3 is 0 Å². The van der Waals surface area contributed by atoms with Crippen LogP contribution >= 0.6 is 35.3 Å². The maximum Gasteiger partial charge on any atom is 0.191 e. The number of para-hydroxylation sites is 2. The fourth-order valence-corrected chi connectivity index (χ4v) is 3.34. The van der Waals surface area contributed by atoms with Crippen molar-refractivity contribution in [3.8, 4) is 11.5 Å². The van der Waals surface area contributed by atoms with Crippen molar-refractivity contribution in [3.63, 3.8) is 0 Å². The highest BCUT2D eigenvalue weighted by atomic mass is 127. The smallest absolute Gasteiger partial charge is 0.191 e. The van der Waals surface area contributed by atoms with Crippen LogP contribution in [-0.4, -0.2) is 32.3 Å². The average molecular weight is 541 g/mol. The molecular weight excluding hydrogens is 513 g/mol. The summed E-state index contributed by atoms with van der Waals surface area (Å²) in [6.45, 7) is 3.98. The van der Waals surface area contributed by atoms with Crippen LogP contribution in [0.1, 0.15) is 17.6 Å². The lowest BCUT2D eigenvalue weighted by molar-refractivity contribution is 0.213. The third-order valence-electron chi connectivity index (χ3n) is 4.17. The van der Waals surface area contributed by atoms with Gasteiger partial charge in [0.15, 0.2) is 17.5 Å². The lowest BCUT2D eigenvalue weighted by atomic mass is 10.3. The molecule has 1 atom stereocenters. The van der Waals surface area contributed by atoms with Crippen molar-refractivity contribution in [2.45, 2.75) is 26.0 Å². The molecule has 0 radical (unpaired) electrons. The summed E-state index contributed by atoms with van der Waals surface area (Å²) in [5.41, 5.74) is 0. The predicted octanol–water partition coefficient (Wildman–Crippen LogP) is 4.71. The zero-order valence-electron chi connectivity index (χ0n) is 17.2. The minimum Gasteiger partial charge on any atom is -0.493 e. The van der Waals surface area contributed by atoms with Crippen LogP contribution in [0.4, 0.5) is 0 Å². The van der Waals surface area contributed by atoms with Gasteiger partial charge in [-0.15, -0.1) is 35.3 Å². The Morgan fingerprint density at radius 1 is 1.10 bits per heavy atom. The van der Waals surface area contributed by atoms with Crippen molar-refractivity contribution < 1.29 is 13.9 Å². The normalized spacial score (nSPS) is 12.0. The molecule has 0 bridgehead atoms. The second-order valence-corrected chi connectivity index (χ2v) is 7.49. The second-order valence-electron chi connectivity index (χ2n) is 6.46. The van der Waals surface area contributed by atoms with Gasteiger partial charge in [0.25, 0.3) is 0 Å². The Hall–Kier alpha value is -2.20. The molecule has 0 fully saturated rings. The number of rotatable bonds is 10. The van der Waals surface area contributed by atoms with E-state index in [2.05, 4.69) is 22.1 Å². The molecule has 30 heavy (non-hydrogen) atoms. The standard InChI is InChI=1S/C22H27N3O3S.HI/c1-17(28-21-10-4-3-9-20(21)26-2)15-24-22(25-16-19-8-6-14-29-19)23-12-11-18-7-5-13-27-18;/h3-10,13-14,17H,11-12,15-16H2,1-2H3,(H2,23,24,25);1H. The average Bonchev–Trinajstić information content (AvgIpc) is 3.44. The van der Waals surface area contributed by atoms with Crippen LogP contribution in [0.5, 0.6) is 11.5 Å². The molecule has 0 aliphatic heterocycles. The van der Waals surface area contributed by atoms with E-state index in [-0.39, 0.29) is 30.1 Å². The van der Waals surface area contributed by atoms with E-state index in [9.17, 15) is 0 Å². The number of aliphatic imine (C=N–C) groups is 1. The van der Waals surface area contributed by atoms with Gasteiger partial charge in [0.2, 0.25) is 0 Å². The molecule has 8 heteroatoms. The first-order valence-corrected chi connectivity index (χ1v) is 10.5.